The molecule has 3 nitrogen and oxygen atoms in total. The lowest BCUT2D eigenvalue weighted by atomic mass is 10.1. The Bertz CT molecular complexity index is 544. The molecular weight excluding hydrogens is 281 g/mol. The molecule has 1 N–H and O–H groups in total. The van der Waals surface area contributed by atoms with Crippen LogP contribution in [0.1, 0.15) is 24.6 Å². The number of aryl methyl sites for hydroxylation is 1. The van der Waals surface area contributed by atoms with E-state index in [2.05, 4.69) is 23.4 Å². The third-order valence-corrected chi connectivity index (χ3v) is 3.56. The van der Waals surface area contributed by atoms with Crippen LogP contribution in [0.15, 0.2) is 24.4 Å². The maximum absolute atomic E-state index is 6.31. The second-order valence-corrected chi connectivity index (χ2v) is 5.25. The average molecular weight is 298 g/mol. The molecule has 0 aliphatic rings. The van der Waals surface area contributed by atoms with Crippen molar-refractivity contribution in [1.82, 2.24) is 15.1 Å². The molecule has 0 saturated carbocycles. The maximum Gasteiger partial charge on any atom is 0.0877 e. The summed E-state index contributed by atoms with van der Waals surface area (Å²) in [6, 6.07) is 5.87. The molecule has 0 bridgehead atoms. The molecule has 0 aliphatic heterocycles. The topological polar surface area (TPSA) is 29.9 Å². The Balaban J connectivity index is 2.37. The largest absolute Gasteiger partial charge is 0.313 e. The van der Waals surface area contributed by atoms with Crippen LogP contribution in [0, 0.1) is 6.92 Å². The van der Waals surface area contributed by atoms with E-state index < -0.39 is 0 Å². The van der Waals surface area contributed by atoms with Gasteiger partial charge in [0.2, 0.25) is 0 Å². The van der Waals surface area contributed by atoms with Crippen LogP contribution in [0.25, 0.3) is 5.69 Å². The number of para-hydroxylation sites is 1. The van der Waals surface area contributed by atoms with Gasteiger partial charge in [0.1, 0.15) is 0 Å². The fraction of sp³-hybridized carbons (Fsp3) is 0.357. The summed E-state index contributed by atoms with van der Waals surface area (Å²) in [6.07, 6.45) is 2.89. The Morgan fingerprint density at radius 2 is 2.05 bits per heavy atom. The van der Waals surface area contributed by atoms with Crippen LogP contribution >= 0.6 is 23.2 Å². The van der Waals surface area contributed by atoms with Gasteiger partial charge in [0, 0.05) is 12.7 Å². The lowest BCUT2D eigenvalue weighted by molar-refractivity contribution is 0.670. The molecule has 2 aromatic rings. The zero-order valence-corrected chi connectivity index (χ0v) is 12.6. The number of benzene rings is 1. The summed E-state index contributed by atoms with van der Waals surface area (Å²) in [7, 11) is 0. The van der Waals surface area contributed by atoms with Gasteiger partial charge >= 0.3 is 0 Å². The standard InChI is InChI=1S/C14H17Cl2N3/c1-3-7-17-8-11-5-4-6-12(15)14(11)19-9-13(16)10(2)18-19/h4-6,9,17H,3,7-8H2,1-2H3. The molecule has 0 unspecified atom stereocenters. The van der Waals surface area contributed by atoms with Gasteiger partial charge in [-0.1, -0.05) is 42.3 Å². The van der Waals surface area contributed by atoms with Crippen LogP contribution in [0.5, 0.6) is 0 Å². The van der Waals surface area contributed by atoms with E-state index in [1.807, 2.05) is 19.1 Å². The van der Waals surface area contributed by atoms with Crippen molar-refractivity contribution < 1.29 is 0 Å². The first-order valence-corrected chi connectivity index (χ1v) is 7.09. The molecule has 0 spiro atoms. The number of nitrogens with zero attached hydrogens (tertiary/aromatic N) is 2. The summed E-state index contributed by atoms with van der Waals surface area (Å²) in [6.45, 7) is 5.76. The fourth-order valence-corrected chi connectivity index (χ4v) is 2.32. The quantitative estimate of drug-likeness (QED) is 0.846. The van der Waals surface area contributed by atoms with E-state index in [9.17, 15) is 0 Å². The van der Waals surface area contributed by atoms with Gasteiger partial charge in [-0.2, -0.15) is 5.10 Å². The van der Waals surface area contributed by atoms with E-state index in [0.29, 0.717) is 10.0 Å². The highest BCUT2D eigenvalue weighted by molar-refractivity contribution is 6.32. The summed E-state index contributed by atoms with van der Waals surface area (Å²) < 4.78 is 1.75. The smallest absolute Gasteiger partial charge is 0.0877 e. The first-order valence-electron chi connectivity index (χ1n) is 6.33. The zero-order chi connectivity index (χ0) is 13.8. The number of hydrogen-bond acceptors (Lipinski definition) is 2. The van der Waals surface area contributed by atoms with Crippen molar-refractivity contribution in [2.75, 3.05) is 6.54 Å². The van der Waals surface area contributed by atoms with Crippen LogP contribution < -0.4 is 5.32 Å². The predicted molar refractivity (Wildman–Crippen MR) is 80.3 cm³/mol. The molecule has 0 saturated heterocycles. The second kappa shape index (κ2) is 6.42. The summed E-state index contributed by atoms with van der Waals surface area (Å²) in [5.41, 5.74) is 2.80. The average Bonchev–Trinajstić information content (AvgIpc) is 2.69. The highest BCUT2D eigenvalue weighted by Crippen LogP contribution is 2.26. The third kappa shape index (κ3) is 3.30. The zero-order valence-electron chi connectivity index (χ0n) is 11.1. The minimum Gasteiger partial charge on any atom is -0.313 e. The van der Waals surface area contributed by atoms with E-state index in [0.717, 1.165) is 36.5 Å². The van der Waals surface area contributed by atoms with Gasteiger partial charge in [0.05, 0.1) is 21.4 Å². The van der Waals surface area contributed by atoms with Gasteiger partial charge in [-0.25, -0.2) is 4.68 Å². The molecule has 1 aromatic carbocycles. The van der Waals surface area contributed by atoms with Gasteiger partial charge in [-0.15, -0.1) is 0 Å². The fourth-order valence-electron chi connectivity index (χ4n) is 1.91. The minimum atomic E-state index is 0.646. The van der Waals surface area contributed by atoms with Crippen LogP contribution in [0.3, 0.4) is 0 Å². The van der Waals surface area contributed by atoms with E-state index in [1.165, 1.54) is 0 Å². The SMILES string of the molecule is CCCNCc1cccc(Cl)c1-n1cc(Cl)c(C)n1. The van der Waals surface area contributed by atoms with Crippen molar-refractivity contribution in [2.24, 2.45) is 0 Å². The molecule has 5 heteroatoms. The van der Waals surface area contributed by atoms with E-state index in [4.69, 9.17) is 23.2 Å². The Morgan fingerprint density at radius 3 is 2.68 bits per heavy atom. The molecule has 1 heterocycles. The predicted octanol–water partition coefficient (Wildman–Crippen LogP) is 3.99. The lowest BCUT2D eigenvalue weighted by Gasteiger charge is -2.12. The van der Waals surface area contributed by atoms with Gasteiger partial charge in [0.15, 0.2) is 0 Å². The Labute approximate surface area is 123 Å². The van der Waals surface area contributed by atoms with Crippen molar-refractivity contribution in [3.8, 4) is 5.69 Å². The molecule has 0 fully saturated rings. The molecule has 0 amide bonds. The van der Waals surface area contributed by atoms with Crippen molar-refractivity contribution in [3.63, 3.8) is 0 Å². The van der Waals surface area contributed by atoms with Crippen LogP contribution in [-0.2, 0) is 6.54 Å². The van der Waals surface area contributed by atoms with E-state index in [1.54, 1.807) is 10.9 Å². The summed E-state index contributed by atoms with van der Waals surface area (Å²) in [5, 5.41) is 9.10. The molecule has 0 radical (unpaired) electrons. The van der Waals surface area contributed by atoms with Gasteiger partial charge in [-0.3, -0.25) is 0 Å². The first kappa shape index (κ1) is 14.4. The number of rotatable bonds is 5. The van der Waals surface area contributed by atoms with Crippen molar-refractivity contribution in [2.45, 2.75) is 26.8 Å². The van der Waals surface area contributed by atoms with Gasteiger partial charge < -0.3 is 5.32 Å². The summed E-state index contributed by atoms with van der Waals surface area (Å²) in [4.78, 5) is 0. The number of halogens is 2. The van der Waals surface area contributed by atoms with Gasteiger partial charge in [-0.05, 0) is 31.5 Å². The molecular formula is C14H17Cl2N3. The molecule has 1 aromatic heterocycles. The number of hydrogen-bond donors (Lipinski definition) is 1. The highest BCUT2D eigenvalue weighted by Gasteiger charge is 2.12. The highest BCUT2D eigenvalue weighted by atomic mass is 35.5. The lowest BCUT2D eigenvalue weighted by Crippen LogP contribution is -2.16. The minimum absolute atomic E-state index is 0.646. The Morgan fingerprint density at radius 1 is 1.26 bits per heavy atom. The maximum atomic E-state index is 6.31. The molecule has 0 aliphatic carbocycles. The van der Waals surface area contributed by atoms with Crippen molar-refractivity contribution in [3.05, 3.63) is 45.7 Å². The van der Waals surface area contributed by atoms with Crippen molar-refractivity contribution in [1.29, 1.82) is 0 Å². The van der Waals surface area contributed by atoms with Crippen LogP contribution in [-0.4, -0.2) is 16.3 Å². The van der Waals surface area contributed by atoms with E-state index in [-0.39, 0.29) is 0 Å². The third-order valence-electron chi connectivity index (χ3n) is 2.88. The number of aromatic nitrogens is 2. The van der Waals surface area contributed by atoms with Crippen LogP contribution in [0.2, 0.25) is 10.0 Å². The Kier molecular flexibility index (Phi) is 4.86. The molecule has 2 rings (SSSR count). The second-order valence-electron chi connectivity index (χ2n) is 4.43. The first-order chi connectivity index (χ1) is 9.13. The summed E-state index contributed by atoms with van der Waals surface area (Å²) in [5.74, 6) is 0. The molecule has 102 valence electrons. The summed E-state index contributed by atoms with van der Waals surface area (Å²) >= 11 is 12.4. The Hall–Kier alpha value is -1.03. The molecule has 0 atom stereocenters. The monoisotopic (exact) mass is 297 g/mol. The normalized spacial score (nSPS) is 10.9. The molecule has 19 heavy (non-hydrogen) atoms. The van der Waals surface area contributed by atoms with Crippen molar-refractivity contribution >= 4 is 23.2 Å². The van der Waals surface area contributed by atoms with E-state index >= 15 is 0 Å². The number of nitrogens with one attached hydrogen (secondary N) is 1. The van der Waals surface area contributed by atoms with Gasteiger partial charge in [0.25, 0.3) is 0 Å². The van der Waals surface area contributed by atoms with Crippen LogP contribution in [0.4, 0.5) is 0 Å².